The number of aromatic nitrogens is 1. The van der Waals surface area contributed by atoms with Crippen molar-refractivity contribution in [1.29, 1.82) is 0 Å². The SMILES string of the molecule is CCO[C@@H](C)c1nc(CN(C)C(=O)c2ccccc2O)cs1. The van der Waals surface area contributed by atoms with Crippen LogP contribution in [0.2, 0.25) is 0 Å². The van der Waals surface area contributed by atoms with E-state index in [0.29, 0.717) is 18.7 Å². The van der Waals surface area contributed by atoms with Crippen LogP contribution in [0, 0.1) is 0 Å². The molecule has 118 valence electrons. The van der Waals surface area contributed by atoms with Gasteiger partial charge in [-0.2, -0.15) is 0 Å². The summed E-state index contributed by atoms with van der Waals surface area (Å²) in [7, 11) is 1.69. The first kappa shape index (κ1) is 16.5. The zero-order valence-corrected chi connectivity index (χ0v) is 13.8. The molecule has 0 saturated heterocycles. The summed E-state index contributed by atoms with van der Waals surface area (Å²) in [6.45, 7) is 4.94. The minimum atomic E-state index is -0.231. The van der Waals surface area contributed by atoms with Gasteiger partial charge in [0, 0.05) is 19.0 Å². The van der Waals surface area contributed by atoms with E-state index in [-0.39, 0.29) is 17.8 Å². The van der Waals surface area contributed by atoms with Crippen molar-refractivity contribution in [1.82, 2.24) is 9.88 Å². The Kier molecular flexibility index (Phi) is 5.51. The van der Waals surface area contributed by atoms with Gasteiger partial charge in [-0.3, -0.25) is 4.79 Å². The maximum atomic E-state index is 12.3. The van der Waals surface area contributed by atoms with E-state index in [1.165, 1.54) is 17.4 Å². The topological polar surface area (TPSA) is 62.7 Å². The molecule has 22 heavy (non-hydrogen) atoms. The number of aromatic hydroxyl groups is 1. The van der Waals surface area contributed by atoms with E-state index in [4.69, 9.17) is 4.74 Å². The zero-order valence-electron chi connectivity index (χ0n) is 12.9. The van der Waals surface area contributed by atoms with Crippen molar-refractivity contribution < 1.29 is 14.6 Å². The lowest BCUT2D eigenvalue weighted by molar-refractivity contribution is 0.0755. The number of phenols is 1. The lowest BCUT2D eigenvalue weighted by Crippen LogP contribution is -2.26. The van der Waals surface area contributed by atoms with Gasteiger partial charge >= 0.3 is 0 Å². The van der Waals surface area contributed by atoms with E-state index in [1.54, 1.807) is 30.1 Å². The first-order valence-corrected chi connectivity index (χ1v) is 8.00. The van der Waals surface area contributed by atoms with Crippen molar-refractivity contribution in [3.8, 4) is 5.75 Å². The minimum Gasteiger partial charge on any atom is -0.507 e. The molecule has 1 heterocycles. The Morgan fingerprint density at radius 1 is 1.45 bits per heavy atom. The van der Waals surface area contributed by atoms with E-state index in [1.807, 2.05) is 19.2 Å². The summed E-state index contributed by atoms with van der Waals surface area (Å²) in [6, 6.07) is 6.53. The van der Waals surface area contributed by atoms with Crippen LogP contribution in [0.4, 0.5) is 0 Å². The molecule has 0 unspecified atom stereocenters. The molecule has 1 aromatic carbocycles. The fourth-order valence-corrected chi connectivity index (χ4v) is 2.89. The second-order valence-electron chi connectivity index (χ2n) is 4.95. The van der Waals surface area contributed by atoms with E-state index in [9.17, 15) is 9.90 Å². The van der Waals surface area contributed by atoms with Gasteiger partial charge in [0.2, 0.25) is 0 Å². The number of rotatable bonds is 6. The number of ether oxygens (including phenoxy) is 1. The van der Waals surface area contributed by atoms with Crippen LogP contribution in [0.1, 0.15) is 41.0 Å². The molecule has 0 aliphatic carbocycles. The number of carbonyl (C=O) groups excluding carboxylic acids is 1. The highest BCUT2D eigenvalue weighted by Crippen LogP contribution is 2.23. The van der Waals surface area contributed by atoms with Gasteiger partial charge in [0.05, 0.1) is 17.8 Å². The van der Waals surface area contributed by atoms with Crippen molar-refractivity contribution in [2.75, 3.05) is 13.7 Å². The summed E-state index contributed by atoms with van der Waals surface area (Å²) in [5.41, 5.74) is 1.11. The molecule has 0 spiro atoms. The first-order valence-electron chi connectivity index (χ1n) is 7.12. The molecule has 1 atom stereocenters. The molecule has 0 radical (unpaired) electrons. The molecular formula is C16H20N2O3S. The van der Waals surface area contributed by atoms with E-state index in [2.05, 4.69) is 4.98 Å². The Morgan fingerprint density at radius 2 is 2.18 bits per heavy atom. The van der Waals surface area contributed by atoms with Gasteiger partial charge in [-0.05, 0) is 26.0 Å². The molecule has 6 heteroatoms. The lowest BCUT2D eigenvalue weighted by atomic mass is 10.2. The summed E-state index contributed by atoms with van der Waals surface area (Å²) in [6.07, 6.45) is -0.0390. The largest absolute Gasteiger partial charge is 0.507 e. The van der Waals surface area contributed by atoms with Gasteiger partial charge in [0.15, 0.2) is 0 Å². The number of carbonyl (C=O) groups is 1. The summed E-state index contributed by atoms with van der Waals surface area (Å²) in [4.78, 5) is 18.4. The Bertz CT molecular complexity index is 642. The van der Waals surface area contributed by atoms with Crippen LogP contribution in [0.3, 0.4) is 0 Å². The Balaban J connectivity index is 2.04. The summed E-state index contributed by atoms with van der Waals surface area (Å²) < 4.78 is 5.51. The highest BCUT2D eigenvalue weighted by molar-refractivity contribution is 7.09. The molecule has 0 fully saturated rings. The van der Waals surface area contributed by atoms with E-state index < -0.39 is 0 Å². The van der Waals surface area contributed by atoms with Gasteiger partial charge in [0.1, 0.15) is 16.9 Å². The Labute approximate surface area is 134 Å². The molecular weight excluding hydrogens is 300 g/mol. The minimum absolute atomic E-state index is 0.0108. The van der Waals surface area contributed by atoms with Gasteiger partial charge in [-0.25, -0.2) is 4.98 Å². The van der Waals surface area contributed by atoms with Crippen molar-refractivity contribution in [3.63, 3.8) is 0 Å². The van der Waals surface area contributed by atoms with Crippen molar-refractivity contribution in [3.05, 3.63) is 45.9 Å². The number of nitrogens with zero attached hydrogens (tertiary/aromatic N) is 2. The molecule has 0 aliphatic rings. The highest BCUT2D eigenvalue weighted by Gasteiger charge is 2.17. The van der Waals surface area contributed by atoms with Crippen LogP contribution in [-0.2, 0) is 11.3 Å². The number of thiazole rings is 1. The number of hydrogen-bond acceptors (Lipinski definition) is 5. The number of benzene rings is 1. The fourth-order valence-electron chi connectivity index (χ4n) is 2.08. The normalized spacial score (nSPS) is 12.1. The third-order valence-corrected chi connectivity index (χ3v) is 4.27. The van der Waals surface area contributed by atoms with Gasteiger partial charge in [-0.1, -0.05) is 12.1 Å². The van der Waals surface area contributed by atoms with Crippen molar-refractivity contribution in [2.24, 2.45) is 0 Å². The lowest BCUT2D eigenvalue weighted by Gasteiger charge is -2.16. The van der Waals surface area contributed by atoms with Gasteiger partial charge in [0.25, 0.3) is 5.91 Å². The van der Waals surface area contributed by atoms with Crippen LogP contribution in [0.15, 0.2) is 29.6 Å². The Hall–Kier alpha value is -1.92. The van der Waals surface area contributed by atoms with E-state index in [0.717, 1.165) is 10.7 Å². The van der Waals surface area contributed by atoms with Crippen LogP contribution in [0.25, 0.3) is 0 Å². The predicted octanol–water partition coefficient (Wildman–Crippen LogP) is 3.22. The summed E-state index contributed by atoms with van der Waals surface area (Å²) >= 11 is 1.53. The fraction of sp³-hybridized carbons (Fsp3) is 0.375. The van der Waals surface area contributed by atoms with Crippen LogP contribution in [0.5, 0.6) is 5.75 Å². The molecule has 0 aliphatic heterocycles. The molecule has 1 aromatic heterocycles. The molecule has 0 saturated carbocycles. The molecule has 0 bridgehead atoms. The van der Waals surface area contributed by atoms with E-state index >= 15 is 0 Å². The molecule has 5 nitrogen and oxygen atoms in total. The van der Waals surface area contributed by atoms with Crippen LogP contribution >= 0.6 is 11.3 Å². The van der Waals surface area contributed by atoms with Crippen LogP contribution < -0.4 is 0 Å². The van der Waals surface area contributed by atoms with Gasteiger partial charge in [-0.15, -0.1) is 11.3 Å². The standard InChI is InChI=1S/C16H20N2O3S/c1-4-21-11(2)15-17-12(10-22-15)9-18(3)16(20)13-7-5-6-8-14(13)19/h5-8,10-11,19H,4,9H2,1-3H3/t11-/m0/s1. The number of hydrogen-bond donors (Lipinski definition) is 1. The summed E-state index contributed by atoms with van der Waals surface area (Å²) in [5.74, 6) is -0.242. The van der Waals surface area contributed by atoms with Crippen molar-refractivity contribution in [2.45, 2.75) is 26.5 Å². The summed E-state index contributed by atoms with van der Waals surface area (Å²) in [5, 5.41) is 12.6. The number of para-hydroxylation sites is 1. The second-order valence-corrected chi connectivity index (χ2v) is 5.84. The second kappa shape index (κ2) is 7.38. The maximum absolute atomic E-state index is 12.3. The Morgan fingerprint density at radius 3 is 2.86 bits per heavy atom. The average molecular weight is 320 g/mol. The molecule has 2 rings (SSSR count). The van der Waals surface area contributed by atoms with Gasteiger partial charge < -0.3 is 14.7 Å². The average Bonchev–Trinajstić information content (AvgIpc) is 2.96. The maximum Gasteiger partial charge on any atom is 0.257 e. The predicted molar refractivity (Wildman–Crippen MR) is 86.1 cm³/mol. The molecule has 1 N–H and O–H groups in total. The molecule has 1 amide bonds. The third kappa shape index (κ3) is 3.84. The number of amides is 1. The highest BCUT2D eigenvalue weighted by atomic mass is 32.1. The van der Waals surface area contributed by atoms with Crippen LogP contribution in [-0.4, -0.2) is 34.6 Å². The quantitative estimate of drug-likeness (QED) is 0.887. The van der Waals surface area contributed by atoms with Crippen molar-refractivity contribution >= 4 is 17.2 Å². The monoisotopic (exact) mass is 320 g/mol. The smallest absolute Gasteiger partial charge is 0.257 e. The third-order valence-electron chi connectivity index (χ3n) is 3.21. The number of phenolic OH excluding ortho intramolecular Hbond substituents is 1. The zero-order chi connectivity index (χ0) is 16.1. The first-order chi connectivity index (χ1) is 10.5. The molecule has 2 aromatic rings.